The third-order valence-electron chi connectivity index (χ3n) is 2.57. The first-order valence-corrected chi connectivity index (χ1v) is 5.57. The minimum Gasteiger partial charge on any atom is -0.383 e. The second kappa shape index (κ2) is 5.31. The number of allylic oxidation sites excluding steroid dienone is 2. The first kappa shape index (κ1) is 10.7. The molecule has 1 aliphatic carbocycles. The molecule has 1 aliphatic rings. The van der Waals surface area contributed by atoms with Crippen LogP contribution in [0.5, 0.6) is 0 Å². The number of hydrogen-bond donors (Lipinski definition) is 1. The zero-order valence-corrected chi connectivity index (χ0v) is 9.26. The second-order valence-electron chi connectivity index (χ2n) is 3.83. The van der Waals surface area contributed by atoms with Gasteiger partial charge >= 0.3 is 0 Å². The lowest BCUT2D eigenvalue weighted by molar-refractivity contribution is 0.994. The van der Waals surface area contributed by atoms with E-state index in [-0.39, 0.29) is 0 Å². The third kappa shape index (κ3) is 2.83. The van der Waals surface area contributed by atoms with Crippen molar-refractivity contribution in [1.82, 2.24) is 0 Å². The molecule has 0 radical (unpaired) electrons. The number of amidine groups is 1. The van der Waals surface area contributed by atoms with Gasteiger partial charge in [-0.3, -0.25) is 4.99 Å². The molecular formula is C14H16N2. The highest BCUT2D eigenvalue weighted by Crippen LogP contribution is 2.10. The van der Waals surface area contributed by atoms with E-state index in [9.17, 15) is 0 Å². The summed E-state index contributed by atoms with van der Waals surface area (Å²) in [5.41, 5.74) is 8.15. The number of rotatable bonds is 3. The van der Waals surface area contributed by atoms with Crippen LogP contribution in [0.15, 0.2) is 59.1 Å². The van der Waals surface area contributed by atoms with Gasteiger partial charge in [0.15, 0.2) is 0 Å². The van der Waals surface area contributed by atoms with Gasteiger partial charge in [-0.05, 0) is 18.4 Å². The van der Waals surface area contributed by atoms with Crippen molar-refractivity contribution >= 4 is 5.84 Å². The molecule has 2 nitrogen and oxygen atoms in total. The first-order chi connectivity index (χ1) is 7.86. The van der Waals surface area contributed by atoms with Crippen molar-refractivity contribution < 1.29 is 0 Å². The van der Waals surface area contributed by atoms with Crippen LogP contribution in [0.4, 0.5) is 0 Å². The smallest absolute Gasteiger partial charge is 0.125 e. The molecule has 0 heterocycles. The average Bonchev–Trinajstić information content (AvgIpc) is 2.38. The molecule has 0 amide bonds. The highest BCUT2D eigenvalue weighted by Gasteiger charge is 1.98. The summed E-state index contributed by atoms with van der Waals surface area (Å²) >= 11 is 0. The lowest BCUT2D eigenvalue weighted by Crippen LogP contribution is -2.14. The van der Waals surface area contributed by atoms with Gasteiger partial charge < -0.3 is 5.73 Å². The van der Waals surface area contributed by atoms with E-state index in [1.165, 1.54) is 5.57 Å². The molecule has 0 spiro atoms. The SMILES string of the molecule is NC(=NCC1=CCCC=C1)c1ccccc1. The molecule has 2 heteroatoms. The van der Waals surface area contributed by atoms with Gasteiger partial charge in [0, 0.05) is 5.56 Å². The van der Waals surface area contributed by atoms with E-state index in [0.717, 1.165) is 18.4 Å². The van der Waals surface area contributed by atoms with E-state index in [2.05, 4.69) is 23.2 Å². The second-order valence-corrected chi connectivity index (χ2v) is 3.83. The molecule has 0 aromatic heterocycles. The van der Waals surface area contributed by atoms with Crippen LogP contribution >= 0.6 is 0 Å². The summed E-state index contributed by atoms with van der Waals surface area (Å²) in [6.45, 7) is 0.678. The number of benzene rings is 1. The van der Waals surface area contributed by atoms with Crippen molar-refractivity contribution in [2.75, 3.05) is 6.54 Å². The van der Waals surface area contributed by atoms with Crippen LogP contribution in [-0.4, -0.2) is 12.4 Å². The van der Waals surface area contributed by atoms with E-state index < -0.39 is 0 Å². The maximum absolute atomic E-state index is 5.91. The zero-order valence-electron chi connectivity index (χ0n) is 9.26. The molecule has 0 atom stereocenters. The first-order valence-electron chi connectivity index (χ1n) is 5.57. The maximum Gasteiger partial charge on any atom is 0.125 e. The predicted octanol–water partition coefficient (Wildman–Crippen LogP) is 2.67. The van der Waals surface area contributed by atoms with Crippen LogP contribution in [0.25, 0.3) is 0 Å². The van der Waals surface area contributed by atoms with Crippen molar-refractivity contribution in [3.8, 4) is 0 Å². The van der Waals surface area contributed by atoms with Crippen molar-refractivity contribution in [1.29, 1.82) is 0 Å². The molecule has 82 valence electrons. The standard InChI is InChI=1S/C14H16N2/c15-14(13-9-5-2-6-10-13)16-11-12-7-3-1-4-8-12/h2-3,5-10H,1,4,11H2,(H2,15,16). The molecule has 2 N–H and O–H groups in total. The van der Waals surface area contributed by atoms with Crippen LogP contribution in [0.1, 0.15) is 18.4 Å². The Kier molecular flexibility index (Phi) is 3.54. The Hall–Kier alpha value is -1.83. The van der Waals surface area contributed by atoms with Gasteiger partial charge in [-0.25, -0.2) is 0 Å². The summed E-state index contributed by atoms with van der Waals surface area (Å²) in [7, 11) is 0. The molecule has 0 bridgehead atoms. The van der Waals surface area contributed by atoms with Gasteiger partial charge in [0.05, 0.1) is 6.54 Å². The molecule has 1 aromatic carbocycles. The van der Waals surface area contributed by atoms with Crippen LogP contribution in [0.3, 0.4) is 0 Å². The van der Waals surface area contributed by atoms with Crippen LogP contribution in [0.2, 0.25) is 0 Å². The Morgan fingerprint density at radius 1 is 1.19 bits per heavy atom. The Morgan fingerprint density at radius 3 is 2.69 bits per heavy atom. The van der Waals surface area contributed by atoms with Gasteiger partial charge in [0.2, 0.25) is 0 Å². The Morgan fingerprint density at radius 2 is 2.00 bits per heavy atom. The molecule has 1 aromatic rings. The van der Waals surface area contributed by atoms with E-state index in [4.69, 9.17) is 5.73 Å². The summed E-state index contributed by atoms with van der Waals surface area (Å²) in [6, 6.07) is 9.87. The lowest BCUT2D eigenvalue weighted by atomic mass is 10.1. The summed E-state index contributed by atoms with van der Waals surface area (Å²) in [6.07, 6.45) is 8.80. The van der Waals surface area contributed by atoms with Gasteiger partial charge in [0.1, 0.15) is 5.84 Å². The van der Waals surface area contributed by atoms with E-state index in [0.29, 0.717) is 12.4 Å². The fourth-order valence-electron chi connectivity index (χ4n) is 1.66. The van der Waals surface area contributed by atoms with Crippen molar-refractivity contribution in [2.24, 2.45) is 10.7 Å². The lowest BCUT2D eigenvalue weighted by Gasteiger charge is -2.05. The summed E-state index contributed by atoms with van der Waals surface area (Å²) in [5.74, 6) is 0.612. The highest BCUT2D eigenvalue weighted by atomic mass is 14.8. The van der Waals surface area contributed by atoms with Crippen LogP contribution in [0, 0.1) is 0 Å². The topological polar surface area (TPSA) is 38.4 Å². The minimum absolute atomic E-state index is 0.612. The Balaban J connectivity index is 2.02. The molecule has 2 rings (SSSR count). The molecule has 0 unspecified atom stereocenters. The van der Waals surface area contributed by atoms with Crippen LogP contribution < -0.4 is 5.73 Å². The molecule has 0 aliphatic heterocycles. The zero-order chi connectivity index (χ0) is 11.2. The number of nitrogens with two attached hydrogens (primary N) is 1. The highest BCUT2D eigenvalue weighted by molar-refractivity contribution is 5.97. The van der Waals surface area contributed by atoms with E-state index >= 15 is 0 Å². The minimum atomic E-state index is 0.612. The summed E-state index contributed by atoms with van der Waals surface area (Å²) in [5, 5.41) is 0. The van der Waals surface area contributed by atoms with Crippen LogP contribution in [-0.2, 0) is 0 Å². The van der Waals surface area contributed by atoms with Gasteiger partial charge in [-0.1, -0.05) is 48.6 Å². The molecule has 0 saturated carbocycles. The maximum atomic E-state index is 5.91. The van der Waals surface area contributed by atoms with Crippen molar-refractivity contribution in [3.05, 3.63) is 59.7 Å². The van der Waals surface area contributed by atoms with Crippen molar-refractivity contribution in [2.45, 2.75) is 12.8 Å². The Bertz CT molecular complexity index is 427. The van der Waals surface area contributed by atoms with E-state index in [1.807, 2.05) is 30.3 Å². The van der Waals surface area contributed by atoms with Gasteiger partial charge in [-0.2, -0.15) is 0 Å². The largest absolute Gasteiger partial charge is 0.383 e. The Labute approximate surface area is 96.2 Å². The number of hydrogen-bond acceptors (Lipinski definition) is 1. The monoisotopic (exact) mass is 212 g/mol. The van der Waals surface area contributed by atoms with Gasteiger partial charge in [0.25, 0.3) is 0 Å². The molecule has 0 fully saturated rings. The van der Waals surface area contributed by atoms with Gasteiger partial charge in [-0.15, -0.1) is 0 Å². The van der Waals surface area contributed by atoms with Crippen molar-refractivity contribution in [3.63, 3.8) is 0 Å². The quantitative estimate of drug-likeness (QED) is 0.607. The van der Waals surface area contributed by atoms with E-state index in [1.54, 1.807) is 0 Å². The number of nitrogens with zero attached hydrogens (tertiary/aromatic N) is 1. The molecule has 16 heavy (non-hydrogen) atoms. The summed E-state index contributed by atoms with van der Waals surface area (Å²) < 4.78 is 0. The molecule has 0 saturated heterocycles. The third-order valence-corrected chi connectivity index (χ3v) is 2.57. The number of aliphatic imine (C=N–C) groups is 1. The fraction of sp³-hybridized carbons (Fsp3) is 0.214. The average molecular weight is 212 g/mol. The predicted molar refractivity (Wildman–Crippen MR) is 68.5 cm³/mol. The fourth-order valence-corrected chi connectivity index (χ4v) is 1.66. The normalized spacial score (nSPS) is 16.0. The molecular weight excluding hydrogens is 196 g/mol. The summed E-state index contributed by atoms with van der Waals surface area (Å²) in [4.78, 5) is 4.39.